The van der Waals surface area contributed by atoms with Gasteiger partial charge in [0.15, 0.2) is 0 Å². The van der Waals surface area contributed by atoms with Gasteiger partial charge in [-0.05, 0) is 47.3 Å². The summed E-state index contributed by atoms with van der Waals surface area (Å²) in [4.78, 5) is 13.7. The second kappa shape index (κ2) is 6.40. The normalized spacial score (nSPS) is 12.3. The Bertz CT molecular complexity index is 413. The molecular weight excluding hydrogens is 305 g/mol. The van der Waals surface area contributed by atoms with Gasteiger partial charge in [-0.15, -0.1) is 0 Å². The summed E-state index contributed by atoms with van der Waals surface area (Å²) < 4.78 is 13.7. The zero-order chi connectivity index (χ0) is 13.0. The van der Waals surface area contributed by atoms with Crippen molar-refractivity contribution in [2.75, 3.05) is 19.1 Å². The van der Waals surface area contributed by atoms with Crippen LogP contribution in [0.25, 0.3) is 0 Å². The number of hydrogen-bond donors (Lipinski definition) is 0. The largest absolute Gasteiger partial charge is 0.338 e. The van der Waals surface area contributed by atoms with Crippen LogP contribution in [0, 0.1) is 5.82 Å². The van der Waals surface area contributed by atoms with Gasteiger partial charge >= 0.3 is 0 Å². The minimum Gasteiger partial charge on any atom is -0.338 e. The number of benzene rings is 1. The third kappa shape index (κ3) is 3.71. The lowest BCUT2D eigenvalue weighted by molar-refractivity contribution is 0.0757. The van der Waals surface area contributed by atoms with E-state index in [0.29, 0.717) is 10.0 Å². The SMILES string of the molecule is CSCC(C)N(C)C(=O)c1ccc(Br)c(F)c1. The summed E-state index contributed by atoms with van der Waals surface area (Å²) in [6, 6.07) is 4.56. The van der Waals surface area contributed by atoms with E-state index >= 15 is 0 Å². The zero-order valence-corrected chi connectivity index (χ0v) is 12.4. The molecule has 1 aromatic carbocycles. The van der Waals surface area contributed by atoms with Crippen molar-refractivity contribution < 1.29 is 9.18 Å². The van der Waals surface area contributed by atoms with E-state index < -0.39 is 5.82 Å². The van der Waals surface area contributed by atoms with E-state index in [2.05, 4.69) is 15.9 Å². The van der Waals surface area contributed by atoms with Crippen LogP contribution in [0.5, 0.6) is 0 Å². The molecule has 0 saturated heterocycles. The monoisotopic (exact) mass is 319 g/mol. The molecule has 0 N–H and O–H groups in total. The van der Waals surface area contributed by atoms with Gasteiger partial charge in [0.05, 0.1) is 4.47 Å². The predicted molar refractivity (Wildman–Crippen MR) is 74.0 cm³/mol. The van der Waals surface area contributed by atoms with Gasteiger partial charge in [-0.2, -0.15) is 11.8 Å². The number of amides is 1. The van der Waals surface area contributed by atoms with E-state index in [1.165, 1.54) is 6.07 Å². The van der Waals surface area contributed by atoms with Crippen LogP contribution in [0.1, 0.15) is 17.3 Å². The third-order valence-electron chi connectivity index (χ3n) is 2.56. The minimum absolute atomic E-state index is 0.129. The van der Waals surface area contributed by atoms with Crippen molar-refractivity contribution >= 4 is 33.6 Å². The Morgan fingerprint density at radius 1 is 1.59 bits per heavy atom. The fourth-order valence-electron chi connectivity index (χ4n) is 1.39. The van der Waals surface area contributed by atoms with Crippen LogP contribution in [0.3, 0.4) is 0 Å². The van der Waals surface area contributed by atoms with E-state index in [-0.39, 0.29) is 11.9 Å². The highest BCUT2D eigenvalue weighted by Crippen LogP contribution is 2.18. The molecule has 0 aliphatic rings. The third-order valence-corrected chi connectivity index (χ3v) is 4.01. The van der Waals surface area contributed by atoms with Gasteiger partial charge in [0, 0.05) is 24.4 Å². The Kier molecular flexibility index (Phi) is 5.46. The highest BCUT2D eigenvalue weighted by molar-refractivity contribution is 9.10. The average Bonchev–Trinajstić information content (AvgIpc) is 2.31. The van der Waals surface area contributed by atoms with Crippen molar-refractivity contribution in [3.05, 3.63) is 34.1 Å². The summed E-state index contributed by atoms with van der Waals surface area (Å²) in [5.74, 6) is 0.293. The first-order valence-electron chi connectivity index (χ1n) is 5.18. The van der Waals surface area contributed by atoms with Crippen molar-refractivity contribution in [3.63, 3.8) is 0 Å². The van der Waals surface area contributed by atoms with Gasteiger partial charge in [-0.3, -0.25) is 4.79 Å². The first kappa shape index (κ1) is 14.5. The molecule has 1 unspecified atom stereocenters. The van der Waals surface area contributed by atoms with Crippen molar-refractivity contribution in [1.29, 1.82) is 0 Å². The van der Waals surface area contributed by atoms with Crippen LogP contribution in [-0.4, -0.2) is 35.9 Å². The van der Waals surface area contributed by atoms with Crippen LogP contribution < -0.4 is 0 Å². The van der Waals surface area contributed by atoms with Crippen molar-refractivity contribution in [1.82, 2.24) is 4.90 Å². The van der Waals surface area contributed by atoms with Gasteiger partial charge in [-0.1, -0.05) is 0 Å². The first-order chi connectivity index (χ1) is 7.97. The average molecular weight is 320 g/mol. The molecule has 0 aliphatic heterocycles. The van der Waals surface area contributed by atoms with Gasteiger partial charge in [-0.25, -0.2) is 4.39 Å². The molecule has 0 aliphatic carbocycles. The summed E-state index contributed by atoms with van der Waals surface area (Å²) in [6.45, 7) is 1.98. The lowest BCUT2D eigenvalue weighted by Crippen LogP contribution is -2.36. The molecule has 0 saturated carbocycles. The Labute approximate surface area is 114 Å². The molecule has 1 aromatic rings. The van der Waals surface area contributed by atoms with Crippen molar-refractivity contribution in [3.8, 4) is 0 Å². The molecule has 5 heteroatoms. The Balaban J connectivity index is 2.85. The molecule has 0 aromatic heterocycles. The highest BCUT2D eigenvalue weighted by Gasteiger charge is 2.17. The summed E-state index contributed by atoms with van der Waals surface area (Å²) in [5, 5.41) is 0. The fourth-order valence-corrected chi connectivity index (χ4v) is 2.34. The minimum atomic E-state index is -0.415. The van der Waals surface area contributed by atoms with Crippen LogP contribution in [0.4, 0.5) is 4.39 Å². The molecule has 1 amide bonds. The smallest absolute Gasteiger partial charge is 0.253 e. The maximum absolute atomic E-state index is 13.3. The Morgan fingerprint density at radius 2 is 2.24 bits per heavy atom. The molecule has 0 bridgehead atoms. The number of hydrogen-bond acceptors (Lipinski definition) is 2. The van der Waals surface area contributed by atoms with Crippen LogP contribution in [0.2, 0.25) is 0 Å². The zero-order valence-electron chi connectivity index (χ0n) is 10.0. The summed E-state index contributed by atoms with van der Waals surface area (Å²) in [7, 11) is 1.74. The topological polar surface area (TPSA) is 20.3 Å². The standard InChI is InChI=1S/C12H15BrFNOS/c1-8(7-17-3)15(2)12(16)9-4-5-10(13)11(14)6-9/h4-6,8H,7H2,1-3H3. The maximum atomic E-state index is 13.3. The molecule has 2 nitrogen and oxygen atoms in total. The van der Waals surface area contributed by atoms with E-state index in [4.69, 9.17) is 0 Å². The van der Waals surface area contributed by atoms with Crippen LogP contribution >= 0.6 is 27.7 Å². The van der Waals surface area contributed by atoms with Gasteiger partial charge < -0.3 is 4.90 Å². The predicted octanol–water partition coefficient (Wildman–Crippen LogP) is 3.41. The number of halogens is 2. The van der Waals surface area contributed by atoms with E-state index in [1.807, 2.05) is 13.2 Å². The summed E-state index contributed by atoms with van der Waals surface area (Å²) in [6.07, 6.45) is 1.99. The number of thioether (sulfide) groups is 1. The van der Waals surface area contributed by atoms with Crippen molar-refractivity contribution in [2.24, 2.45) is 0 Å². The molecule has 94 valence electrons. The van der Waals surface area contributed by atoms with E-state index in [0.717, 1.165) is 5.75 Å². The molecule has 0 spiro atoms. The van der Waals surface area contributed by atoms with E-state index in [1.54, 1.807) is 35.8 Å². The number of carbonyl (C=O) groups is 1. The Hall–Kier alpha value is -0.550. The summed E-state index contributed by atoms with van der Waals surface area (Å²) >= 11 is 4.75. The first-order valence-corrected chi connectivity index (χ1v) is 7.37. The van der Waals surface area contributed by atoms with Gasteiger partial charge in [0.2, 0.25) is 0 Å². The highest BCUT2D eigenvalue weighted by atomic mass is 79.9. The molecule has 1 rings (SSSR count). The van der Waals surface area contributed by atoms with Crippen LogP contribution in [-0.2, 0) is 0 Å². The molecule has 17 heavy (non-hydrogen) atoms. The Morgan fingerprint density at radius 3 is 2.76 bits per heavy atom. The van der Waals surface area contributed by atoms with Crippen LogP contribution in [0.15, 0.2) is 22.7 Å². The number of rotatable bonds is 4. The molecule has 0 heterocycles. The van der Waals surface area contributed by atoms with Gasteiger partial charge in [0.1, 0.15) is 5.82 Å². The van der Waals surface area contributed by atoms with Gasteiger partial charge in [0.25, 0.3) is 5.91 Å². The number of nitrogens with zero attached hydrogens (tertiary/aromatic N) is 1. The fraction of sp³-hybridized carbons (Fsp3) is 0.417. The second-order valence-electron chi connectivity index (χ2n) is 3.85. The molecular formula is C12H15BrFNOS. The van der Waals surface area contributed by atoms with E-state index in [9.17, 15) is 9.18 Å². The quantitative estimate of drug-likeness (QED) is 0.847. The lowest BCUT2D eigenvalue weighted by Gasteiger charge is -2.24. The molecule has 1 atom stereocenters. The second-order valence-corrected chi connectivity index (χ2v) is 5.61. The number of carbonyl (C=O) groups excluding carboxylic acids is 1. The van der Waals surface area contributed by atoms with Crippen molar-refractivity contribution in [2.45, 2.75) is 13.0 Å². The molecule has 0 radical (unpaired) electrons. The maximum Gasteiger partial charge on any atom is 0.253 e. The summed E-state index contributed by atoms with van der Waals surface area (Å²) in [5.41, 5.74) is 0.376. The molecule has 0 fully saturated rings. The lowest BCUT2D eigenvalue weighted by atomic mass is 10.2.